The molecule has 0 fully saturated rings. The third-order valence-electron chi connectivity index (χ3n) is 2.85. The topological polar surface area (TPSA) is 12.0 Å². The molecule has 0 saturated heterocycles. The summed E-state index contributed by atoms with van der Waals surface area (Å²) in [5.74, 6) is 0. The lowest BCUT2D eigenvalue weighted by Crippen LogP contribution is -2.09. The fourth-order valence-electron chi connectivity index (χ4n) is 1.80. The molecule has 1 unspecified atom stereocenters. The minimum absolute atomic E-state index is 0.0477. The van der Waals surface area contributed by atoms with Crippen molar-refractivity contribution in [2.24, 2.45) is 0 Å². The van der Waals surface area contributed by atoms with Crippen LogP contribution in [0, 0.1) is 6.92 Å². The molecule has 1 N–H and O–H groups in total. The summed E-state index contributed by atoms with van der Waals surface area (Å²) >= 11 is 4.91. The lowest BCUT2D eigenvalue weighted by atomic mass is 10.1. The molecular weight excluding hydrogens is 351 g/mol. The van der Waals surface area contributed by atoms with E-state index in [2.05, 4.69) is 21.2 Å². The molecule has 108 valence electrons. The Morgan fingerprint density at radius 1 is 1.20 bits per heavy atom. The zero-order valence-electron chi connectivity index (χ0n) is 10.9. The summed E-state index contributed by atoms with van der Waals surface area (Å²) in [5.41, 5.74) is -0.212. The smallest absolute Gasteiger partial charge is 0.377 e. The third-order valence-corrected chi connectivity index (χ3v) is 4.73. The van der Waals surface area contributed by atoms with Gasteiger partial charge in [-0.2, -0.15) is 13.2 Å². The summed E-state index contributed by atoms with van der Waals surface area (Å²) < 4.78 is 38.8. The molecule has 2 rings (SSSR count). The maximum atomic E-state index is 12.7. The van der Waals surface area contributed by atoms with Crippen LogP contribution in [0.3, 0.4) is 0 Å². The molecular formula is C14H13BrF3NS. The fraction of sp³-hybridized carbons (Fsp3) is 0.286. The van der Waals surface area contributed by atoms with E-state index < -0.39 is 11.7 Å². The van der Waals surface area contributed by atoms with E-state index in [1.54, 1.807) is 11.3 Å². The van der Waals surface area contributed by atoms with Gasteiger partial charge in [-0.3, -0.25) is 0 Å². The van der Waals surface area contributed by atoms with Crippen LogP contribution < -0.4 is 5.32 Å². The van der Waals surface area contributed by atoms with E-state index in [0.717, 1.165) is 17.0 Å². The average molecular weight is 364 g/mol. The molecule has 1 atom stereocenters. The zero-order valence-corrected chi connectivity index (χ0v) is 13.3. The summed E-state index contributed by atoms with van der Waals surface area (Å²) in [6.45, 7) is 3.93. The highest BCUT2D eigenvalue weighted by molar-refractivity contribution is 9.10. The van der Waals surface area contributed by atoms with E-state index >= 15 is 0 Å². The first kappa shape index (κ1) is 15.4. The number of aryl methyl sites for hydroxylation is 1. The Balaban J connectivity index is 2.24. The van der Waals surface area contributed by atoms with Crippen molar-refractivity contribution in [1.82, 2.24) is 0 Å². The normalized spacial score (nSPS) is 13.3. The molecule has 0 aliphatic carbocycles. The summed E-state index contributed by atoms with van der Waals surface area (Å²) in [6.07, 6.45) is -4.33. The van der Waals surface area contributed by atoms with E-state index in [1.165, 1.54) is 10.9 Å². The molecule has 0 aliphatic heterocycles. The first-order valence-electron chi connectivity index (χ1n) is 5.97. The predicted octanol–water partition coefficient (Wildman–Crippen LogP) is 6.01. The van der Waals surface area contributed by atoms with Crippen molar-refractivity contribution >= 4 is 33.0 Å². The van der Waals surface area contributed by atoms with Crippen molar-refractivity contribution in [2.75, 3.05) is 5.32 Å². The van der Waals surface area contributed by atoms with Gasteiger partial charge in [0.1, 0.15) is 0 Å². The Morgan fingerprint density at radius 3 is 2.45 bits per heavy atom. The number of benzene rings is 1. The second kappa shape index (κ2) is 5.77. The van der Waals surface area contributed by atoms with E-state index in [4.69, 9.17) is 0 Å². The Hall–Kier alpha value is -1.01. The lowest BCUT2D eigenvalue weighted by Gasteiger charge is -2.17. The minimum Gasteiger partial charge on any atom is -0.377 e. The van der Waals surface area contributed by atoms with Gasteiger partial charge < -0.3 is 5.32 Å². The number of thiophene rings is 1. The van der Waals surface area contributed by atoms with Crippen LogP contribution in [0.25, 0.3) is 0 Å². The van der Waals surface area contributed by atoms with Crippen LogP contribution in [-0.4, -0.2) is 0 Å². The van der Waals surface area contributed by atoms with Crippen LogP contribution in [-0.2, 0) is 6.18 Å². The van der Waals surface area contributed by atoms with Crippen LogP contribution >= 0.6 is 27.3 Å². The summed E-state index contributed by atoms with van der Waals surface area (Å²) in [6, 6.07) is 7.54. The molecule has 0 spiro atoms. The number of alkyl halides is 3. The highest BCUT2D eigenvalue weighted by Gasteiger charge is 2.31. The lowest BCUT2D eigenvalue weighted by molar-refractivity contribution is -0.137. The van der Waals surface area contributed by atoms with Crippen molar-refractivity contribution in [3.63, 3.8) is 0 Å². The van der Waals surface area contributed by atoms with E-state index in [9.17, 15) is 13.2 Å². The van der Waals surface area contributed by atoms with Gasteiger partial charge in [-0.1, -0.05) is 0 Å². The van der Waals surface area contributed by atoms with Gasteiger partial charge in [0.05, 0.1) is 11.6 Å². The Bertz CT molecular complexity index is 607. The van der Waals surface area contributed by atoms with E-state index in [1.807, 2.05) is 26.0 Å². The van der Waals surface area contributed by atoms with Gasteiger partial charge in [0.2, 0.25) is 0 Å². The van der Waals surface area contributed by atoms with Crippen LogP contribution in [0.2, 0.25) is 0 Å². The van der Waals surface area contributed by atoms with Gasteiger partial charge >= 0.3 is 6.18 Å². The first-order valence-corrected chi connectivity index (χ1v) is 7.58. The number of halogens is 4. The van der Waals surface area contributed by atoms with Gasteiger partial charge in [-0.05, 0) is 60.1 Å². The molecule has 0 bridgehead atoms. The van der Waals surface area contributed by atoms with Gasteiger partial charge in [0, 0.05) is 19.9 Å². The van der Waals surface area contributed by atoms with Gasteiger partial charge in [0.25, 0.3) is 0 Å². The van der Waals surface area contributed by atoms with E-state index in [0.29, 0.717) is 10.2 Å². The second-order valence-corrected chi connectivity index (χ2v) is 6.68. The van der Waals surface area contributed by atoms with E-state index in [-0.39, 0.29) is 6.04 Å². The maximum Gasteiger partial charge on any atom is 0.416 e. The molecule has 20 heavy (non-hydrogen) atoms. The quantitative estimate of drug-likeness (QED) is 0.703. The number of hydrogen-bond donors (Lipinski definition) is 1. The van der Waals surface area contributed by atoms with Gasteiger partial charge in [0.15, 0.2) is 0 Å². The van der Waals surface area contributed by atoms with Crippen LogP contribution in [0.4, 0.5) is 18.9 Å². The summed E-state index contributed by atoms with van der Waals surface area (Å²) in [7, 11) is 0. The second-order valence-electron chi connectivity index (χ2n) is 4.51. The molecule has 0 saturated carbocycles. The molecule has 0 amide bonds. The minimum atomic E-state index is -4.33. The maximum absolute atomic E-state index is 12.7. The molecule has 1 nitrogen and oxygen atoms in total. The summed E-state index contributed by atoms with van der Waals surface area (Å²) in [4.78, 5) is 2.27. The molecule has 6 heteroatoms. The van der Waals surface area contributed by atoms with Crippen LogP contribution in [0.5, 0.6) is 0 Å². The highest BCUT2D eigenvalue weighted by atomic mass is 79.9. The van der Waals surface area contributed by atoms with Crippen LogP contribution in [0.1, 0.15) is 28.3 Å². The van der Waals surface area contributed by atoms with Crippen molar-refractivity contribution < 1.29 is 13.2 Å². The third kappa shape index (κ3) is 3.55. The molecule has 0 radical (unpaired) electrons. The molecule has 1 heterocycles. The van der Waals surface area contributed by atoms with Crippen molar-refractivity contribution in [3.8, 4) is 0 Å². The van der Waals surface area contributed by atoms with Crippen molar-refractivity contribution in [3.05, 3.63) is 50.1 Å². The van der Waals surface area contributed by atoms with Crippen LogP contribution in [0.15, 0.2) is 34.8 Å². The number of nitrogens with one attached hydrogen (secondary N) is 1. The zero-order chi connectivity index (χ0) is 14.9. The summed E-state index contributed by atoms with van der Waals surface area (Å²) in [5, 5.41) is 3.12. The first-order chi connectivity index (χ1) is 9.27. The van der Waals surface area contributed by atoms with Gasteiger partial charge in [-0.15, -0.1) is 11.3 Å². The largest absolute Gasteiger partial charge is 0.416 e. The molecule has 1 aromatic heterocycles. The monoisotopic (exact) mass is 363 g/mol. The van der Waals surface area contributed by atoms with Crippen molar-refractivity contribution in [2.45, 2.75) is 26.1 Å². The van der Waals surface area contributed by atoms with Crippen molar-refractivity contribution in [1.29, 1.82) is 0 Å². The number of hydrogen-bond acceptors (Lipinski definition) is 2. The highest BCUT2D eigenvalue weighted by Crippen LogP contribution is 2.35. The average Bonchev–Trinajstić information content (AvgIpc) is 2.77. The Labute approximate surface area is 128 Å². The fourth-order valence-corrected chi connectivity index (χ4v) is 3.04. The Morgan fingerprint density at radius 2 is 1.90 bits per heavy atom. The number of anilines is 1. The molecule has 0 aliphatic rings. The van der Waals surface area contributed by atoms with Gasteiger partial charge in [-0.25, -0.2) is 0 Å². The molecule has 2 aromatic rings. The standard InChI is InChI=1S/C14H13BrF3NS/c1-8-3-6-13(20-8)9(2)19-12-7-10(14(16,17)18)4-5-11(12)15/h3-7,9,19H,1-2H3. The predicted molar refractivity (Wildman–Crippen MR) is 80.2 cm³/mol. The SMILES string of the molecule is Cc1ccc(C(C)Nc2cc(C(F)(F)F)ccc2Br)s1. The molecule has 1 aromatic carbocycles. The Kier molecular flexibility index (Phi) is 4.44. The number of rotatable bonds is 3.